The van der Waals surface area contributed by atoms with Crippen molar-refractivity contribution in [2.45, 2.75) is 20.0 Å². The second-order valence-corrected chi connectivity index (χ2v) is 3.38. The fourth-order valence-corrected chi connectivity index (χ4v) is 1.56. The van der Waals surface area contributed by atoms with E-state index in [0.717, 1.165) is 11.3 Å². The lowest BCUT2D eigenvalue weighted by Crippen LogP contribution is -2.29. The van der Waals surface area contributed by atoms with Crippen molar-refractivity contribution >= 4 is 5.91 Å². The summed E-state index contributed by atoms with van der Waals surface area (Å²) in [4.78, 5) is 21.4. The molecule has 2 heterocycles. The highest BCUT2D eigenvalue weighted by molar-refractivity contribution is 5.78. The molecule has 0 saturated carbocycles. The Hall–Kier alpha value is -1.49. The lowest BCUT2D eigenvalue weighted by molar-refractivity contribution is -0.136. The van der Waals surface area contributed by atoms with Crippen LogP contribution in [0.5, 0.6) is 0 Å². The predicted molar refractivity (Wildman–Crippen MR) is 52.8 cm³/mol. The quantitative estimate of drug-likeness (QED) is 0.718. The van der Waals surface area contributed by atoms with E-state index in [4.69, 9.17) is 4.74 Å². The van der Waals surface area contributed by atoms with Crippen LogP contribution in [0.1, 0.15) is 18.2 Å². The minimum atomic E-state index is 0.00912. The first kappa shape index (κ1) is 10.0. The average molecular weight is 207 g/mol. The number of hydrogen-bond donors (Lipinski definition) is 0. The normalized spacial score (nSPS) is 14.1. The number of carbonyl (C=O) groups is 1. The maximum Gasteiger partial charge on any atom is 0.249 e. The number of nitrogens with zero attached hydrogens (tertiary/aromatic N) is 3. The van der Waals surface area contributed by atoms with Crippen LogP contribution in [-0.2, 0) is 22.6 Å². The van der Waals surface area contributed by atoms with Crippen molar-refractivity contribution in [3.05, 3.63) is 23.8 Å². The zero-order chi connectivity index (χ0) is 10.7. The van der Waals surface area contributed by atoms with Crippen LogP contribution in [0.3, 0.4) is 0 Å². The molecule has 0 unspecified atom stereocenters. The van der Waals surface area contributed by atoms with Gasteiger partial charge in [0.25, 0.3) is 0 Å². The summed E-state index contributed by atoms with van der Waals surface area (Å²) in [5, 5.41) is 0. The SMILES string of the molecule is CCOCC(=O)N1Cc2cncnc2C1. The van der Waals surface area contributed by atoms with Crippen molar-refractivity contribution in [1.29, 1.82) is 0 Å². The lowest BCUT2D eigenvalue weighted by atomic mass is 10.3. The summed E-state index contributed by atoms with van der Waals surface area (Å²) in [5.74, 6) is 0.00912. The van der Waals surface area contributed by atoms with Gasteiger partial charge in [0.1, 0.15) is 12.9 Å². The van der Waals surface area contributed by atoms with Crippen LogP contribution in [0.4, 0.5) is 0 Å². The van der Waals surface area contributed by atoms with Gasteiger partial charge in [-0.15, -0.1) is 0 Å². The first-order valence-electron chi connectivity index (χ1n) is 4.94. The van der Waals surface area contributed by atoms with Crippen LogP contribution in [0.2, 0.25) is 0 Å². The summed E-state index contributed by atoms with van der Waals surface area (Å²) in [6, 6.07) is 0. The van der Waals surface area contributed by atoms with Crippen LogP contribution in [0, 0.1) is 0 Å². The van der Waals surface area contributed by atoms with Gasteiger partial charge in [-0.1, -0.05) is 0 Å². The molecule has 0 fully saturated rings. The second-order valence-electron chi connectivity index (χ2n) is 3.38. The minimum absolute atomic E-state index is 0.00912. The van der Waals surface area contributed by atoms with Gasteiger partial charge in [0.05, 0.1) is 12.2 Å². The summed E-state index contributed by atoms with van der Waals surface area (Å²) in [6.45, 7) is 3.76. The van der Waals surface area contributed by atoms with Crippen molar-refractivity contribution in [3.8, 4) is 0 Å². The molecule has 0 aromatic carbocycles. The highest BCUT2D eigenvalue weighted by Crippen LogP contribution is 2.18. The topological polar surface area (TPSA) is 55.3 Å². The van der Waals surface area contributed by atoms with Crippen molar-refractivity contribution in [1.82, 2.24) is 14.9 Å². The summed E-state index contributed by atoms with van der Waals surface area (Å²) < 4.78 is 5.08. The van der Waals surface area contributed by atoms with E-state index in [2.05, 4.69) is 9.97 Å². The predicted octanol–water partition coefficient (Wildman–Crippen LogP) is 0.355. The molecule has 1 aliphatic rings. The molecule has 5 nitrogen and oxygen atoms in total. The Morgan fingerprint density at radius 2 is 2.47 bits per heavy atom. The van der Waals surface area contributed by atoms with Crippen molar-refractivity contribution in [2.24, 2.45) is 0 Å². The molecule has 0 atom stereocenters. The Kier molecular flexibility index (Phi) is 2.91. The van der Waals surface area contributed by atoms with E-state index in [1.807, 2.05) is 6.92 Å². The molecule has 1 amide bonds. The zero-order valence-electron chi connectivity index (χ0n) is 8.64. The summed E-state index contributed by atoms with van der Waals surface area (Å²) in [7, 11) is 0. The second kappa shape index (κ2) is 4.35. The zero-order valence-corrected chi connectivity index (χ0v) is 8.64. The number of rotatable bonds is 3. The molecule has 0 aliphatic carbocycles. The average Bonchev–Trinajstić information content (AvgIpc) is 2.69. The lowest BCUT2D eigenvalue weighted by Gasteiger charge is -2.14. The monoisotopic (exact) mass is 207 g/mol. The summed E-state index contributed by atoms with van der Waals surface area (Å²) in [5.41, 5.74) is 1.97. The van der Waals surface area contributed by atoms with Gasteiger partial charge in [-0.3, -0.25) is 4.79 Å². The summed E-state index contributed by atoms with van der Waals surface area (Å²) >= 11 is 0. The molecule has 0 bridgehead atoms. The number of fused-ring (bicyclic) bond motifs is 1. The van der Waals surface area contributed by atoms with Gasteiger partial charge < -0.3 is 9.64 Å². The number of hydrogen-bond acceptors (Lipinski definition) is 4. The van der Waals surface area contributed by atoms with Crippen molar-refractivity contribution in [3.63, 3.8) is 0 Å². The number of carbonyl (C=O) groups excluding carboxylic acids is 1. The van der Waals surface area contributed by atoms with Gasteiger partial charge in [-0.2, -0.15) is 0 Å². The van der Waals surface area contributed by atoms with Gasteiger partial charge in [-0.25, -0.2) is 9.97 Å². The Morgan fingerprint density at radius 3 is 3.20 bits per heavy atom. The molecule has 0 spiro atoms. The third kappa shape index (κ3) is 2.12. The molecular formula is C10H13N3O2. The van der Waals surface area contributed by atoms with E-state index in [1.54, 1.807) is 11.1 Å². The minimum Gasteiger partial charge on any atom is -0.372 e. The molecule has 1 aromatic rings. The van der Waals surface area contributed by atoms with Gasteiger partial charge in [0.2, 0.25) is 5.91 Å². The Balaban J connectivity index is 1.98. The third-order valence-electron chi connectivity index (χ3n) is 2.37. The number of aromatic nitrogens is 2. The first-order chi connectivity index (χ1) is 7.31. The molecule has 1 aromatic heterocycles. The maximum absolute atomic E-state index is 11.6. The molecule has 15 heavy (non-hydrogen) atoms. The molecular weight excluding hydrogens is 194 g/mol. The molecule has 5 heteroatoms. The van der Waals surface area contributed by atoms with E-state index >= 15 is 0 Å². The molecule has 0 radical (unpaired) electrons. The summed E-state index contributed by atoms with van der Waals surface area (Å²) in [6.07, 6.45) is 3.27. The van der Waals surface area contributed by atoms with Crippen LogP contribution in [0.15, 0.2) is 12.5 Å². The van der Waals surface area contributed by atoms with Crippen LogP contribution < -0.4 is 0 Å². The van der Waals surface area contributed by atoms with Gasteiger partial charge in [0, 0.05) is 24.9 Å². The van der Waals surface area contributed by atoms with E-state index in [-0.39, 0.29) is 12.5 Å². The van der Waals surface area contributed by atoms with Gasteiger partial charge in [0.15, 0.2) is 0 Å². The van der Waals surface area contributed by atoms with Crippen molar-refractivity contribution < 1.29 is 9.53 Å². The highest BCUT2D eigenvalue weighted by Gasteiger charge is 2.23. The standard InChI is InChI=1S/C10H13N3O2/c1-2-15-6-10(14)13-4-8-3-11-7-12-9(8)5-13/h3,7H,2,4-6H2,1H3. The molecule has 0 saturated heterocycles. The Morgan fingerprint density at radius 1 is 1.60 bits per heavy atom. The van der Waals surface area contributed by atoms with E-state index in [0.29, 0.717) is 19.7 Å². The maximum atomic E-state index is 11.6. The number of amides is 1. The first-order valence-corrected chi connectivity index (χ1v) is 4.94. The van der Waals surface area contributed by atoms with E-state index < -0.39 is 0 Å². The molecule has 2 rings (SSSR count). The Labute approximate surface area is 88.1 Å². The fraction of sp³-hybridized carbons (Fsp3) is 0.500. The third-order valence-corrected chi connectivity index (χ3v) is 2.37. The van der Waals surface area contributed by atoms with Crippen LogP contribution >= 0.6 is 0 Å². The van der Waals surface area contributed by atoms with Crippen LogP contribution in [0.25, 0.3) is 0 Å². The van der Waals surface area contributed by atoms with Gasteiger partial charge in [-0.05, 0) is 6.92 Å². The van der Waals surface area contributed by atoms with Crippen LogP contribution in [-0.4, -0.2) is 34.0 Å². The smallest absolute Gasteiger partial charge is 0.249 e. The van der Waals surface area contributed by atoms with Crippen molar-refractivity contribution in [2.75, 3.05) is 13.2 Å². The molecule has 0 N–H and O–H groups in total. The van der Waals surface area contributed by atoms with Gasteiger partial charge >= 0.3 is 0 Å². The largest absolute Gasteiger partial charge is 0.372 e. The van der Waals surface area contributed by atoms with E-state index in [9.17, 15) is 4.79 Å². The molecule has 80 valence electrons. The highest BCUT2D eigenvalue weighted by atomic mass is 16.5. The number of ether oxygens (including phenoxy) is 1. The Bertz CT molecular complexity index is 342. The fourth-order valence-electron chi connectivity index (χ4n) is 1.56. The van der Waals surface area contributed by atoms with E-state index in [1.165, 1.54) is 6.33 Å². The molecule has 1 aliphatic heterocycles.